The van der Waals surface area contributed by atoms with Crippen molar-refractivity contribution in [3.05, 3.63) is 30.3 Å². The Kier molecular flexibility index (Phi) is 3.33. The average molecular weight is 158 g/mol. The van der Waals surface area contributed by atoms with Gasteiger partial charge in [-0.25, -0.2) is 0 Å². The summed E-state index contributed by atoms with van der Waals surface area (Å²) in [7, 11) is -1.13. The zero-order valence-corrected chi connectivity index (χ0v) is 6.51. The standard InChI is InChI=1S/C6H8NO2P/c8-10-9-7-6-4-2-1-3-5-6/h1-5,7H,10H2/p+1. The van der Waals surface area contributed by atoms with E-state index in [0.717, 1.165) is 5.69 Å². The molecule has 1 atom stereocenters. The van der Waals surface area contributed by atoms with Gasteiger partial charge in [-0.05, 0) is 0 Å². The fourth-order valence-corrected chi connectivity index (χ4v) is 0.851. The molecule has 0 fully saturated rings. The minimum absolute atomic E-state index is 0.936. The molecule has 0 heterocycles. The van der Waals surface area contributed by atoms with Crippen LogP contribution in [0.4, 0.5) is 5.69 Å². The highest BCUT2D eigenvalue weighted by Gasteiger charge is 1.92. The molecule has 54 valence electrons. The molecule has 0 spiro atoms. The fraction of sp³-hybridized carbons (Fsp3) is 0. The lowest BCUT2D eigenvalue weighted by Gasteiger charge is -1.93. The third-order valence-electron chi connectivity index (χ3n) is 1.06. The smallest absolute Gasteiger partial charge is 0.165 e. The minimum atomic E-state index is -1.13. The summed E-state index contributed by atoms with van der Waals surface area (Å²) in [5, 5.41) is 0. The molecule has 10 heavy (non-hydrogen) atoms. The predicted molar refractivity (Wildman–Crippen MR) is 38.8 cm³/mol. The van der Waals surface area contributed by atoms with Gasteiger partial charge in [0, 0.05) is 12.1 Å². The molecule has 0 radical (unpaired) electrons. The second-order valence-corrected chi connectivity index (χ2v) is 2.23. The van der Waals surface area contributed by atoms with Crippen LogP contribution in [0.5, 0.6) is 0 Å². The van der Waals surface area contributed by atoms with E-state index in [0.29, 0.717) is 0 Å². The molecule has 4 heteroatoms. The molecule has 0 aliphatic carbocycles. The summed E-state index contributed by atoms with van der Waals surface area (Å²) in [4.78, 5) is 9.93. The SMILES string of the molecule is [O-][PH2+]O[NH2+]c1ccccc1. The number of hydrogen-bond acceptors (Lipinski definition) is 2. The van der Waals surface area contributed by atoms with Crippen molar-refractivity contribution in [2.75, 3.05) is 0 Å². The van der Waals surface area contributed by atoms with Crippen LogP contribution in [0.1, 0.15) is 0 Å². The Bertz CT molecular complexity index is 180. The largest absolute Gasteiger partial charge is 0.655 e. The van der Waals surface area contributed by atoms with Gasteiger partial charge in [-0.3, -0.25) is 0 Å². The summed E-state index contributed by atoms with van der Waals surface area (Å²) in [5.41, 5.74) is 2.42. The van der Waals surface area contributed by atoms with E-state index in [-0.39, 0.29) is 0 Å². The molecule has 0 saturated heterocycles. The Morgan fingerprint density at radius 3 is 2.60 bits per heavy atom. The van der Waals surface area contributed by atoms with Gasteiger partial charge in [-0.15, -0.1) is 5.48 Å². The molecule has 3 nitrogen and oxygen atoms in total. The van der Waals surface area contributed by atoms with Crippen LogP contribution in [0, 0.1) is 0 Å². The average Bonchev–Trinajstić information content (AvgIpc) is 2.03. The maximum atomic E-state index is 9.93. The lowest BCUT2D eigenvalue weighted by molar-refractivity contribution is -0.799. The highest BCUT2D eigenvalue weighted by atomic mass is 31.1. The third kappa shape index (κ3) is 2.42. The molecule has 1 rings (SSSR count). The van der Waals surface area contributed by atoms with Gasteiger partial charge >= 0.3 is 0 Å². The highest BCUT2D eigenvalue weighted by Crippen LogP contribution is 1.97. The van der Waals surface area contributed by atoms with Crippen molar-refractivity contribution < 1.29 is 15.0 Å². The summed E-state index contributed by atoms with van der Waals surface area (Å²) in [6, 6.07) is 9.48. The van der Waals surface area contributed by atoms with Crippen molar-refractivity contribution in [3.8, 4) is 0 Å². The van der Waals surface area contributed by atoms with Crippen molar-refractivity contribution in [1.82, 2.24) is 0 Å². The van der Waals surface area contributed by atoms with Crippen molar-refractivity contribution in [1.29, 1.82) is 0 Å². The quantitative estimate of drug-likeness (QED) is 0.363. The highest BCUT2D eigenvalue weighted by molar-refractivity contribution is 7.23. The zero-order valence-electron chi connectivity index (χ0n) is 5.36. The van der Waals surface area contributed by atoms with Crippen molar-refractivity contribution in [2.45, 2.75) is 0 Å². The van der Waals surface area contributed by atoms with E-state index < -0.39 is 9.03 Å². The summed E-state index contributed by atoms with van der Waals surface area (Å²) >= 11 is 0. The molecular formula is C6H9NO2P+. The maximum Gasteiger partial charge on any atom is 0.165 e. The van der Waals surface area contributed by atoms with Crippen molar-refractivity contribution in [3.63, 3.8) is 0 Å². The molecule has 0 bridgehead atoms. The lowest BCUT2D eigenvalue weighted by Crippen LogP contribution is -2.75. The second-order valence-electron chi connectivity index (χ2n) is 1.76. The minimum Gasteiger partial charge on any atom is -0.655 e. The van der Waals surface area contributed by atoms with Gasteiger partial charge in [-0.2, -0.15) is 0 Å². The molecule has 1 aromatic carbocycles. The van der Waals surface area contributed by atoms with Gasteiger partial charge in [0.05, 0.1) is 0 Å². The Labute approximate surface area is 60.9 Å². The first-order chi connectivity index (χ1) is 4.93. The van der Waals surface area contributed by atoms with Crippen LogP contribution < -0.4 is 10.4 Å². The van der Waals surface area contributed by atoms with Crippen LogP contribution in [-0.2, 0) is 4.62 Å². The van der Waals surface area contributed by atoms with E-state index in [1.54, 1.807) is 0 Å². The Balaban J connectivity index is 2.43. The molecule has 0 aliphatic heterocycles. The van der Waals surface area contributed by atoms with Crippen molar-refractivity contribution in [2.24, 2.45) is 0 Å². The van der Waals surface area contributed by atoms with E-state index in [1.807, 2.05) is 30.3 Å². The number of hydrogen-bond donors (Lipinski definition) is 1. The molecule has 0 saturated carbocycles. The first-order valence-electron chi connectivity index (χ1n) is 2.91. The Hall–Kier alpha value is -0.470. The summed E-state index contributed by atoms with van der Waals surface area (Å²) < 4.78 is 4.62. The second kappa shape index (κ2) is 4.36. The van der Waals surface area contributed by atoms with Gasteiger partial charge in [0.25, 0.3) is 0 Å². The van der Waals surface area contributed by atoms with Gasteiger partial charge in [0.1, 0.15) is 9.03 Å². The zero-order chi connectivity index (χ0) is 7.23. The monoisotopic (exact) mass is 158 g/mol. The maximum absolute atomic E-state index is 9.93. The number of rotatable bonds is 3. The molecular weight excluding hydrogens is 149 g/mol. The van der Waals surface area contributed by atoms with Crippen LogP contribution in [0.2, 0.25) is 0 Å². The number of benzene rings is 1. The van der Waals surface area contributed by atoms with Crippen LogP contribution >= 0.6 is 9.03 Å². The van der Waals surface area contributed by atoms with E-state index in [1.165, 1.54) is 5.48 Å². The van der Waals surface area contributed by atoms with E-state index in [2.05, 4.69) is 4.62 Å². The Morgan fingerprint density at radius 1 is 1.30 bits per heavy atom. The predicted octanol–water partition coefficient (Wildman–Crippen LogP) is -0.586. The number of quaternary nitrogens is 1. The molecule has 1 unspecified atom stereocenters. The third-order valence-corrected chi connectivity index (χ3v) is 1.31. The summed E-state index contributed by atoms with van der Waals surface area (Å²) in [5.74, 6) is 0. The first-order valence-corrected chi connectivity index (χ1v) is 3.85. The van der Waals surface area contributed by atoms with Gasteiger partial charge in [-0.1, -0.05) is 22.8 Å². The lowest BCUT2D eigenvalue weighted by atomic mass is 10.3. The van der Waals surface area contributed by atoms with Crippen molar-refractivity contribution >= 4 is 14.7 Å². The van der Waals surface area contributed by atoms with E-state index in [4.69, 9.17) is 0 Å². The van der Waals surface area contributed by atoms with Crippen LogP contribution in [0.3, 0.4) is 0 Å². The molecule has 0 aliphatic rings. The van der Waals surface area contributed by atoms with E-state index >= 15 is 0 Å². The topological polar surface area (TPSA) is 48.9 Å². The first kappa shape index (κ1) is 7.63. The van der Waals surface area contributed by atoms with Gasteiger partial charge in [0.15, 0.2) is 5.69 Å². The molecule has 0 amide bonds. The molecule has 2 N–H and O–H groups in total. The van der Waals surface area contributed by atoms with E-state index in [9.17, 15) is 4.89 Å². The van der Waals surface area contributed by atoms with Gasteiger partial charge in [0.2, 0.25) is 0 Å². The summed E-state index contributed by atoms with van der Waals surface area (Å²) in [6.45, 7) is 0. The molecule has 1 aromatic rings. The normalized spacial score (nSPS) is 10.9. The molecule has 0 aromatic heterocycles. The Morgan fingerprint density at radius 2 is 2.00 bits per heavy atom. The van der Waals surface area contributed by atoms with Gasteiger partial charge < -0.3 is 4.89 Å². The van der Waals surface area contributed by atoms with Crippen LogP contribution in [0.15, 0.2) is 30.3 Å². The fourth-order valence-electron chi connectivity index (χ4n) is 0.638. The number of nitrogens with two attached hydrogens (primary N) is 1. The van der Waals surface area contributed by atoms with Crippen LogP contribution in [0.25, 0.3) is 0 Å². The summed E-state index contributed by atoms with van der Waals surface area (Å²) in [6.07, 6.45) is 0. The van der Waals surface area contributed by atoms with Crippen LogP contribution in [-0.4, -0.2) is 0 Å².